The van der Waals surface area contributed by atoms with Crippen LogP contribution in [0.15, 0.2) is 22.7 Å². The molecule has 0 aromatic heterocycles. The van der Waals surface area contributed by atoms with Gasteiger partial charge >= 0.3 is 0 Å². The first-order valence-corrected chi connectivity index (χ1v) is 9.64. The first-order valence-electron chi connectivity index (χ1n) is 6.54. The molecule has 0 unspecified atom stereocenters. The van der Waals surface area contributed by atoms with Gasteiger partial charge in [-0.05, 0) is 34.1 Å². The number of thioether (sulfide) groups is 2. The zero-order chi connectivity index (χ0) is 15.3. The van der Waals surface area contributed by atoms with E-state index in [9.17, 15) is 9.90 Å². The van der Waals surface area contributed by atoms with E-state index in [-0.39, 0.29) is 12.5 Å². The Balaban J connectivity index is 2.01. The summed E-state index contributed by atoms with van der Waals surface area (Å²) in [6.07, 6.45) is 0. The molecular formula is C14H18BrNO3S2. The van der Waals surface area contributed by atoms with E-state index in [1.807, 2.05) is 0 Å². The molecule has 0 bridgehead atoms. The number of carbonyl (C=O) groups excluding carboxylic acids is 1. The second kappa shape index (κ2) is 7.76. The highest BCUT2D eigenvalue weighted by Crippen LogP contribution is 2.25. The van der Waals surface area contributed by atoms with Gasteiger partial charge in [0, 0.05) is 34.0 Å². The van der Waals surface area contributed by atoms with Gasteiger partial charge in [-0.1, -0.05) is 0 Å². The third-order valence-corrected chi connectivity index (χ3v) is 6.53. The number of ether oxygens (including phenoxy) is 1. The maximum atomic E-state index is 12.3. The molecule has 0 radical (unpaired) electrons. The molecule has 1 aliphatic rings. The smallest absolute Gasteiger partial charge is 0.252 e. The fraction of sp³-hybridized carbons (Fsp3) is 0.500. The van der Waals surface area contributed by atoms with Crippen LogP contribution in [0.3, 0.4) is 0 Å². The van der Waals surface area contributed by atoms with Gasteiger partial charge in [-0.25, -0.2) is 0 Å². The van der Waals surface area contributed by atoms with Crippen molar-refractivity contribution in [1.82, 2.24) is 5.32 Å². The Labute approximate surface area is 141 Å². The topological polar surface area (TPSA) is 58.6 Å². The van der Waals surface area contributed by atoms with Crippen LogP contribution >= 0.6 is 39.5 Å². The van der Waals surface area contributed by atoms with Crippen molar-refractivity contribution in [1.29, 1.82) is 0 Å². The highest BCUT2D eigenvalue weighted by Gasteiger charge is 2.29. The molecule has 4 nitrogen and oxygen atoms in total. The Morgan fingerprint density at radius 1 is 1.43 bits per heavy atom. The molecule has 1 fully saturated rings. The summed E-state index contributed by atoms with van der Waals surface area (Å²) in [6, 6.07) is 5.24. The van der Waals surface area contributed by atoms with E-state index in [1.54, 1.807) is 48.8 Å². The Bertz CT molecular complexity index is 505. The Kier molecular flexibility index (Phi) is 6.28. The quantitative estimate of drug-likeness (QED) is 0.824. The van der Waals surface area contributed by atoms with Crippen LogP contribution in [-0.4, -0.2) is 53.3 Å². The molecule has 2 rings (SSSR count). The second-order valence-electron chi connectivity index (χ2n) is 4.86. The van der Waals surface area contributed by atoms with Crippen LogP contribution in [0.5, 0.6) is 5.75 Å². The van der Waals surface area contributed by atoms with Crippen LogP contribution in [0, 0.1) is 0 Å². The van der Waals surface area contributed by atoms with Crippen molar-refractivity contribution < 1.29 is 14.6 Å². The molecule has 116 valence electrons. The van der Waals surface area contributed by atoms with Gasteiger partial charge in [0.1, 0.15) is 5.75 Å². The number of benzene rings is 1. The number of hydrogen-bond donors (Lipinski definition) is 2. The molecule has 1 heterocycles. The summed E-state index contributed by atoms with van der Waals surface area (Å²) in [5.41, 5.74) is -0.334. The van der Waals surface area contributed by atoms with E-state index >= 15 is 0 Å². The van der Waals surface area contributed by atoms with Gasteiger partial charge in [-0.3, -0.25) is 4.79 Å². The van der Waals surface area contributed by atoms with Gasteiger partial charge in [0.05, 0.1) is 18.3 Å². The van der Waals surface area contributed by atoms with E-state index in [0.29, 0.717) is 27.3 Å². The summed E-state index contributed by atoms with van der Waals surface area (Å²) in [7, 11) is 1.56. The molecular weight excluding hydrogens is 374 g/mol. The van der Waals surface area contributed by atoms with Gasteiger partial charge in [-0.15, -0.1) is 0 Å². The fourth-order valence-electron chi connectivity index (χ4n) is 1.93. The van der Waals surface area contributed by atoms with Crippen LogP contribution in [0.25, 0.3) is 0 Å². The first kappa shape index (κ1) is 17.0. The van der Waals surface area contributed by atoms with E-state index in [1.165, 1.54) is 0 Å². The lowest BCUT2D eigenvalue weighted by molar-refractivity contribution is 0.0753. The highest BCUT2D eigenvalue weighted by molar-refractivity contribution is 9.10. The van der Waals surface area contributed by atoms with E-state index in [0.717, 1.165) is 11.5 Å². The maximum absolute atomic E-state index is 12.3. The molecule has 1 aromatic carbocycles. The van der Waals surface area contributed by atoms with Crippen molar-refractivity contribution in [3.8, 4) is 5.75 Å². The van der Waals surface area contributed by atoms with Crippen LogP contribution in [0.1, 0.15) is 10.4 Å². The SMILES string of the molecule is COc1ccc(Br)c(C(=O)NCC2(O)CSCCSC2)c1. The molecule has 0 aliphatic carbocycles. The molecule has 7 heteroatoms. The Morgan fingerprint density at radius 3 is 2.71 bits per heavy atom. The fourth-order valence-corrected chi connectivity index (χ4v) is 4.89. The summed E-state index contributed by atoms with van der Waals surface area (Å²) >= 11 is 6.82. The summed E-state index contributed by atoms with van der Waals surface area (Å²) in [5.74, 6) is 3.81. The summed E-state index contributed by atoms with van der Waals surface area (Å²) in [6.45, 7) is 0.259. The largest absolute Gasteiger partial charge is 0.497 e. The van der Waals surface area contributed by atoms with E-state index < -0.39 is 5.60 Å². The lowest BCUT2D eigenvalue weighted by Gasteiger charge is -2.25. The van der Waals surface area contributed by atoms with Crippen molar-refractivity contribution in [2.75, 3.05) is 36.7 Å². The summed E-state index contributed by atoms with van der Waals surface area (Å²) < 4.78 is 5.84. The lowest BCUT2D eigenvalue weighted by Crippen LogP contribution is -2.46. The third-order valence-electron chi connectivity index (χ3n) is 3.11. The Morgan fingerprint density at radius 2 is 2.10 bits per heavy atom. The molecule has 0 atom stereocenters. The van der Waals surface area contributed by atoms with Crippen molar-refractivity contribution in [3.63, 3.8) is 0 Å². The normalized spacial score (nSPS) is 17.9. The molecule has 1 amide bonds. The highest BCUT2D eigenvalue weighted by atomic mass is 79.9. The predicted molar refractivity (Wildman–Crippen MR) is 92.6 cm³/mol. The third kappa shape index (κ3) is 4.81. The van der Waals surface area contributed by atoms with Crippen molar-refractivity contribution >= 4 is 45.4 Å². The molecule has 2 N–H and O–H groups in total. The minimum absolute atomic E-state index is 0.214. The molecule has 1 aliphatic heterocycles. The first-order chi connectivity index (χ1) is 10.0. The number of nitrogens with one attached hydrogen (secondary N) is 1. The minimum Gasteiger partial charge on any atom is -0.497 e. The zero-order valence-electron chi connectivity index (χ0n) is 11.7. The second-order valence-corrected chi connectivity index (χ2v) is 7.92. The number of rotatable bonds is 4. The van der Waals surface area contributed by atoms with E-state index in [2.05, 4.69) is 21.2 Å². The van der Waals surface area contributed by atoms with Crippen LogP contribution in [-0.2, 0) is 0 Å². The van der Waals surface area contributed by atoms with Gasteiger partial charge in [0.25, 0.3) is 5.91 Å². The number of methoxy groups -OCH3 is 1. The van der Waals surface area contributed by atoms with Crippen LogP contribution < -0.4 is 10.1 Å². The predicted octanol–water partition coefficient (Wildman–Crippen LogP) is 2.40. The average Bonchev–Trinajstić information content (AvgIpc) is 2.71. The monoisotopic (exact) mass is 391 g/mol. The molecule has 1 saturated heterocycles. The van der Waals surface area contributed by atoms with Gasteiger partial charge in [-0.2, -0.15) is 23.5 Å². The standard InChI is InChI=1S/C14H18BrNO3S2/c1-19-10-2-3-12(15)11(6-10)13(17)16-7-14(18)8-20-4-5-21-9-14/h2-3,6,18H,4-5,7-9H2,1H3,(H,16,17). The minimum atomic E-state index is -0.840. The number of carbonyl (C=O) groups is 1. The zero-order valence-corrected chi connectivity index (χ0v) is 14.9. The molecule has 21 heavy (non-hydrogen) atoms. The van der Waals surface area contributed by atoms with Crippen LogP contribution in [0.2, 0.25) is 0 Å². The van der Waals surface area contributed by atoms with Crippen molar-refractivity contribution in [2.45, 2.75) is 5.60 Å². The number of aliphatic hydroxyl groups is 1. The average molecular weight is 392 g/mol. The number of amides is 1. The Hall–Kier alpha value is -0.370. The molecule has 0 spiro atoms. The van der Waals surface area contributed by atoms with Gasteiger partial charge < -0.3 is 15.2 Å². The van der Waals surface area contributed by atoms with E-state index in [4.69, 9.17) is 4.74 Å². The van der Waals surface area contributed by atoms with Crippen LogP contribution in [0.4, 0.5) is 0 Å². The summed E-state index contributed by atoms with van der Waals surface area (Å²) in [5, 5.41) is 13.4. The van der Waals surface area contributed by atoms with Crippen molar-refractivity contribution in [2.24, 2.45) is 0 Å². The maximum Gasteiger partial charge on any atom is 0.252 e. The molecule has 1 aromatic rings. The lowest BCUT2D eigenvalue weighted by atomic mass is 10.1. The number of halogens is 1. The van der Waals surface area contributed by atoms with Crippen molar-refractivity contribution in [3.05, 3.63) is 28.2 Å². The van der Waals surface area contributed by atoms with Gasteiger partial charge in [0.15, 0.2) is 0 Å². The van der Waals surface area contributed by atoms with Gasteiger partial charge in [0.2, 0.25) is 0 Å². The number of hydrogen-bond acceptors (Lipinski definition) is 5. The summed E-state index contributed by atoms with van der Waals surface area (Å²) in [4.78, 5) is 12.3. The molecule has 0 saturated carbocycles.